The summed E-state index contributed by atoms with van der Waals surface area (Å²) in [5, 5.41) is 3.79. The number of nitrogens with one attached hydrogen (secondary N) is 1. The first-order chi connectivity index (χ1) is 8.38. The van der Waals surface area contributed by atoms with Crippen LogP contribution in [-0.4, -0.2) is 24.1 Å². The SMILES string of the molecule is CCCNC(CCC1CC1)CC1CCSCC1. The molecule has 1 aliphatic heterocycles. The monoisotopic (exact) mass is 255 g/mol. The van der Waals surface area contributed by atoms with Gasteiger partial charge in [0.2, 0.25) is 0 Å². The highest BCUT2D eigenvalue weighted by Gasteiger charge is 2.24. The first-order valence-electron chi connectivity index (χ1n) is 7.69. The Kier molecular flexibility index (Phi) is 6.21. The molecule has 0 aromatic rings. The Morgan fingerprint density at radius 3 is 2.53 bits per heavy atom. The summed E-state index contributed by atoms with van der Waals surface area (Å²) in [6.45, 7) is 3.50. The van der Waals surface area contributed by atoms with E-state index in [0.29, 0.717) is 0 Å². The highest BCUT2D eigenvalue weighted by molar-refractivity contribution is 7.99. The maximum absolute atomic E-state index is 3.79. The van der Waals surface area contributed by atoms with Crippen molar-refractivity contribution in [1.82, 2.24) is 5.32 Å². The molecule has 1 atom stereocenters. The van der Waals surface area contributed by atoms with Crippen LogP contribution in [0.15, 0.2) is 0 Å². The second-order valence-electron chi connectivity index (χ2n) is 5.96. The molecule has 2 fully saturated rings. The summed E-state index contributed by atoms with van der Waals surface area (Å²) in [6.07, 6.45) is 11.6. The van der Waals surface area contributed by atoms with E-state index in [9.17, 15) is 0 Å². The fourth-order valence-electron chi connectivity index (χ4n) is 2.88. The molecule has 2 aliphatic rings. The third-order valence-electron chi connectivity index (χ3n) is 4.26. The molecule has 1 heterocycles. The maximum atomic E-state index is 3.79. The molecule has 0 aromatic heterocycles. The summed E-state index contributed by atoms with van der Waals surface area (Å²) in [6, 6.07) is 0.823. The highest BCUT2D eigenvalue weighted by atomic mass is 32.2. The van der Waals surface area contributed by atoms with Crippen molar-refractivity contribution in [2.24, 2.45) is 11.8 Å². The lowest BCUT2D eigenvalue weighted by atomic mass is 9.91. The minimum Gasteiger partial charge on any atom is -0.314 e. The molecule has 2 rings (SSSR count). The first kappa shape index (κ1) is 13.7. The predicted octanol–water partition coefficient (Wildman–Crippen LogP) is 4.08. The molecular formula is C15H29NS. The predicted molar refractivity (Wildman–Crippen MR) is 78.7 cm³/mol. The number of hydrogen-bond donors (Lipinski definition) is 1. The van der Waals surface area contributed by atoms with E-state index in [1.54, 1.807) is 0 Å². The minimum atomic E-state index is 0.823. The van der Waals surface area contributed by atoms with E-state index in [1.165, 1.54) is 69.4 Å². The summed E-state index contributed by atoms with van der Waals surface area (Å²) in [4.78, 5) is 0. The molecule has 17 heavy (non-hydrogen) atoms. The number of thioether (sulfide) groups is 1. The van der Waals surface area contributed by atoms with Gasteiger partial charge in [0, 0.05) is 6.04 Å². The van der Waals surface area contributed by atoms with Crippen LogP contribution < -0.4 is 5.32 Å². The van der Waals surface area contributed by atoms with Crippen LogP contribution in [0.4, 0.5) is 0 Å². The fraction of sp³-hybridized carbons (Fsp3) is 1.00. The van der Waals surface area contributed by atoms with Gasteiger partial charge in [-0.3, -0.25) is 0 Å². The topological polar surface area (TPSA) is 12.0 Å². The summed E-state index contributed by atoms with van der Waals surface area (Å²) < 4.78 is 0. The highest BCUT2D eigenvalue weighted by Crippen LogP contribution is 2.35. The standard InChI is InChI=1S/C15H29NS/c1-2-9-16-15(6-5-13-3-4-13)12-14-7-10-17-11-8-14/h13-16H,2-12H2,1H3. The molecule has 1 unspecified atom stereocenters. The molecule has 100 valence electrons. The van der Waals surface area contributed by atoms with Crippen LogP contribution in [0.3, 0.4) is 0 Å². The van der Waals surface area contributed by atoms with Gasteiger partial charge in [0.05, 0.1) is 0 Å². The Morgan fingerprint density at radius 2 is 1.88 bits per heavy atom. The summed E-state index contributed by atoms with van der Waals surface area (Å²) in [5.41, 5.74) is 0. The van der Waals surface area contributed by atoms with E-state index < -0.39 is 0 Å². The molecule has 0 amide bonds. The van der Waals surface area contributed by atoms with Crippen molar-refractivity contribution in [1.29, 1.82) is 0 Å². The van der Waals surface area contributed by atoms with Crippen LogP contribution in [0, 0.1) is 11.8 Å². The van der Waals surface area contributed by atoms with Crippen molar-refractivity contribution in [3.63, 3.8) is 0 Å². The van der Waals surface area contributed by atoms with Gasteiger partial charge in [-0.2, -0.15) is 11.8 Å². The van der Waals surface area contributed by atoms with Crippen LogP contribution in [0.25, 0.3) is 0 Å². The average molecular weight is 255 g/mol. The zero-order chi connectivity index (χ0) is 11.9. The number of rotatable bonds is 8. The van der Waals surface area contributed by atoms with Gasteiger partial charge in [0.25, 0.3) is 0 Å². The van der Waals surface area contributed by atoms with Crippen molar-refractivity contribution in [3.8, 4) is 0 Å². The lowest BCUT2D eigenvalue weighted by molar-refractivity contribution is 0.342. The third-order valence-corrected chi connectivity index (χ3v) is 5.31. The Labute approximate surface area is 112 Å². The van der Waals surface area contributed by atoms with Crippen LogP contribution in [-0.2, 0) is 0 Å². The van der Waals surface area contributed by atoms with E-state index >= 15 is 0 Å². The third kappa shape index (κ3) is 5.65. The van der Waals surface area contributed by atoms with Gasteiger partial charge in [0.1, 0.15) is 0 Å². The molecule has 0 aromatic carbocycles. The van der Waals surface area contributed by atoms with E-state index in [4.69, 9.17) is 0 Å². The largest absolute Gasteiger partial charge is 0.314 e. The minimum absolute atomic E-state index is 0.823. The maximum Gasteiger partial charge on any atom is 0.00698 e. The van der Waals surface area contributed by atoms with Gasteiger partial charge in [-0.05, 0) is 68.4 Å². The molecule has 2 heteroatoms. The van der Waals surface area contributed by atoms with Crippen LogP contribution in [0.1, 0.15) is 58.3 Å². The zero-order valence-electron chi connectivity index (χ0n) is 11.4. The molecule has 0 spiro atoms. The fourth-order valence-corrected chi connectivity index (χ4v) is 4.08. The lowest BCUT2D eigenvalue weighted by Crippen LogP contribution is -2.32. The molecule has 1 saturated heterocycles. The molecule has 0 radical (unpaired) electrons. The van der Waals surface area contributed by atoms with Gasteiger partial charge in [-0.25, -0.2) is 0 Å². The van der Waals surface area contributed by atoms with Crippen molar-refractivity contribution in [2.75, 3.05) is 18.1 Å². The van der Waals surface area contributed by atoms with Gasteiger partial charge < -0.3 is 5.32 Å². The molecule has 1 N–H and O–H groups in total. The second-order valence-corrected chi connectivity index (χ2v) is 7.19. The zero-order valence-corrected chi connectivity index (χ0v) is 12.2. The number of hydrogen-bond acceptors (Lipinski definition) is 2. The lowest BCUT2D eigenvalue weighted by Gasteiger charge is -2.27. The van der Waals surface area contributed by atoms with Crippen molar-refractivity contribution in [3.05, 3.63) is 0 Å². The Morgan fingerprint density at radius 1 is 1.12 bits per heavy atom. The van der Waals surface area contributed by atoms with Crippen LogP contribution in [0.5, 0.6) is 0 Å². The summed E-state index contributed by atoms with van der Waals surface area (Å²) >= 11 is 2.15. The molecule has 1 saturated carbocycles. The Balaban J connectivity index is 1.67. The second kappa shape index (κ2) is 7.68. The van der Waals surface area contributed by atoms with Gasteiger partial charge in [-0.1, -0.05) is 19.8 Å². The molecule has 1 nitrogen and oxygen atoms in total. The molecule has 0 bridgehead atoms. The Hall–Kier alpha value is 0.310. The quantitative estimate of drug-likeness (QED) is 0.701. The van der Waals surface area contributed by atoms with Crippen molar-refractivity contribution in [2.45, 2.75) is 64.3 Å². The van der Waals surface area contributed by atoms with Crippen LogP contribution >= 0.6 is 11.8 Å². The van der Waals surface area contributed by atoms with Gasteiger partial charge in [0.15, 0.2) is 0 Å². The summed E-state index contributed by atoms with van der Waals surface area (Å²) in [5.74, 6) is 4.94. The van der Waals surface area contributed by atoms with E-state index in [0.717, 1.165) is 17.9 Å². The van der Waals surface area contributed by atoms with E-state index in [2.05, 4.69) is 24.0 Å². The van der Waals surface area contributed by atoms with Crippen LogP contribution in [0.2, 0.25) is 0 Å². The average Bonchev–Trinajstić information content (AvgIpc) is 3.18. The molecule has 1 aliphatic carbocycles. The smallest absolute Gasteiger partial charge is 0.00698 e. The normalized spacial score (nSPS) is 23.8. The Bertz CT molecular complexity index is 197. The summed E-state index contributed by atoms with van der Waals surface area (Å²) in [7, 11) is 0. The van der Waals surface area contributed by atoms with Crippen molar-refractivity contribution >= 4 is 11.8 Å². The van der Waals surface area contributed by atoms with E-state index in [1.807, 2.05) is 0 Å². The van der Waals surface area contributed by atoms with Crippen molar-refractivity contribution < 1.29 is 0 Å². The van der Waals surface area contributed by atoms with Gasteiger partial charge in [-0.15, -0.1) is 0 Å². The molecular weight excluding hydrogens is 226 g/mol. The van der Waals surface area contributed by atoms with E-state index in [-0.39, 0.29) is 0 Å². The van der Waals surface area contributed by atoms with Gasteiger partial charge >= 0.3 is 0 Å². The first-order valence-corrected chi connectivity index (χ1v) is 8.85.